The van der Waals surface area contributed by atoms with Crippen LogP contribution >= 0.6 is 0 Å². The third kappa shape index (κ3) is 4.05. The van der Waals surface area contributed by atoms with Crippen LogP contribution in [0.4, 0.5) is 5.82 Å². The quantitative estimate of drug-likeness (QED) is 0.656. The first-order chi connectivity index (χ1) is 6.29. The van der Waals surface area contributed by atoms with E-state index in [0.717, 1.165) is 0 Å². The van der Waals surface area contributed by atoms with E-state index in [9.17, 15) is 4.79 Å². The van der Waals surface area contributed by atoms with Gasteiger partial charge in [-0.2, -0.15) is 0 Å². The van der Waals surface area contributed by atoms with Gasteiger partial charge in [0.2, 0.25) is 0 Å². The maximum Gasteiger partial charge on any atom is 0.303 e. The van der Waals surface area contributed by atoms with Gasteiger partial charge in [-0.05, 0) is 6.42 Å². The maximum absolute atomic E-state index is 10.2. The lowest BCUT2D eigenvalue weighted by Crippen LogP contribution is -2.05. The summed E-state index contributed by atoms with van der Waals surface area (Å²) in [5.41, 5.74) is 0. The SMILES string of the molecule is O=C(O)CCCNc1cnccn1. The van der Waals surface area contributed by atoms with Crippen molar-refractivity contribution in [2.45, 2.75) is 12.8 Å². The molecule has 0 aliphatic heterocycles. The lowest BCUT2D eigenvalue weighted by molar-refractivity contribution is -0.137. The lowest BCUT2D eigenvalue weighted by atomic mass is 10.3. The van der Waals surface area contributed by atoms with Crippen molar-refractivity contribution >= 4 is 11.8 Å². The van der Waals surface area contributed by atoms with Gasteiger partial charge in [-0.25, -0.2) is 4.98 Å². The minimum Gasteiger partial charge on any atom is -0.481 e. The number of carboxylic acids is 1. The highest BCUT2D eigenvalue weighted by Crippen LogP contribution is 1.97. The van der Waals surface area contributed by atoms with E-state index in [1.165, 1.54) is 0 Å². The van der Waals surface area contributed by atoms with Crippen molar-refractivity contribution < 1.29 is 9.90 Å². The Balaban J connectivity index is 2.17. The maximum atomic E-state index is 10.2. The lowest BCUT2D eigenvalue weighted by Gasteiger charge is -2.01. The van der Waals surface area contributed by atoms with Gasteiger partial charge in [0, 0.05) is 25.4 Å². The van der Waals surface area contributed by atoms with E-state index in [0.29, 0.717) is 18.8 Å². The molecule has 13 heavy (non-hydrogen) atoms. The van der Waals surface area contributed by atoms with Crippen molar-refractivity contribution in [1.82, 2.24) is 9.97 Å². The Morgan fingerprint density at radius 2 is 2.38 bits per heavy atom. The van der Waals surface area contributed by atoms with Crippen LogP contribution in [0, 0.1) is 0 Å². The molecular formula is C8H11N3O2. The minimum atomic E-state index is -0.777. The van der Waals surface area contributed by atoms with Gasteiger partial charge in [-0.3, -0.25) is 9.78 Å². The summed E-state index contributed by atoms with van der Waals surface area (Å²) >= 11 is 0. The Labute approximate surface area is 75.8 Å². The van der Waals surface area contributed by atoms with Crippen LogP contribution in [0.2, 0.25) is 0 Å². The molecule has 5 heteroatoms. The van der Waals surface area contributed by atoms with E-state index >= 15 is 0 Å². The molecule has 0 saturated carbocycles. The van der Waals surface area contributed by atoms with Crippen molar-refractivity contribution in [3.05, 3.63) is 18.6 Å². The fourth-order valence-corrected chi connectivity index (χ4v) is 0.846. The Hall–Kier alpha value is -1.65. The number of anilines is 1. The van der Waals surface area contributed by atoms with Gasteiger partial charge in [-0.1, -0.05) is 0 Å². The second kappa shape index (κ2) is 5.08. The number of carboxylic acid groups (broad SMARTS) is 1. The number of hydrogen-bond donors (Lipinski definition) is 2. The summed E-state index contributed by atoms with van der Waals surface area (Å²) in [5.74, 6) is -0.103. The number of nitrogens with zero attached hydrogens (tertiary/aromatic N) is 2. The Morgan fingerprint density at radius 3 is 3.00 bits per heavy atom. The second-order valence-corrected chi connectivity index (χ2v) is 2.51. The zero-order valence-corrected chi connectivity index (χ0v) is 7.10. The largest absolute Gasteiger partial charge is 0.481 e. The van der Waals surface area contributed by atoms with Gasteiger partial charge in [0.1, 0.15) is 5.82 Å². The summed E-state index contributed by atoms with van der Waals surface area (Å²) < 4.78 is 0. The molecule has 5 nitrogen and oxygen atoms in total. The Kier molecular flexibility index (Phi) is 3.69. The van der Waals surface area contributed by atoms with E-state index in [1.807, 2.05) is 0 Å². The molecule has 0 radical (unpaired) electrons. The summed E-state index contributed by atoms with van der Waals surface area (Å²) in [4.78, 5) is 18.0. The topological polar surface area (TPSA) is 75.1 Å². The Morgan fingerprint density at radius 1 is 1.54 bits per heavy atom. The summed E-state index contributed by atoms with van der Waals surface area (Å²) in [7, 11) is 0. The normalized spacial score (nSPS) is 9.54. The van der Waals surface area contributed by atoms with E-state index in [2.05, 4.69) is 15.3 Å². The van der Waals surface area contributed by atoms with Gasteiger partial charge in [0.05, 0.1) is 6.20 Å². The highest BCUT2D eigenvalue weighted by molar-refractivity contribution is 5.66. The van der Waals surface area contributed by atoms with Crippen molar-refractivity contribution in [3.8, 4) is 0 Å². The molecule has 70 valence electrons. The van der Waals surface area contributed by atoms with Crippen LogP contribution in [0.1, 0.15) is 12.8 Å². The first-order valence-electron chi connectivity index (χ1n) is 4.01. The highest BCUT2D eigenvalue weighted by atomic mass is 16.4. The molecule has 0 amide bonds. The van der Waals surface area contributed by atoms with Gasteiger partial charge in [-0.15, -0.1) is 0 Å². The predicted octanol–water partition coefficient (Wildman–Crippen LogP) is 0.753. The number of hydrogen-bond acceptors (Lipinski definition) is 4. The number of nitrogens with one attached hydrogen (secondary N) is 1. The first kappa shape index (κ1) is 9.44. The molecule has 2 N–H and O–H groups in total. The monoisotopic (exact) mass is 181 g/mol. The molecule has 1 heterocycles. The minimum absolute atomic E-state index is 0.174. The van der Waals surface area contributed by atoms with Gasteiger partial charge in [0.15, 0.2) is 0 Å². The number of aromatic nitrogens is 2. The average Bonchev–Trinajstić information content (AvgIpc) is 2.14. The molecule has 0 aliphatic rings. The van der Waals surface area contributed by atoms with Crippen molar-refractivity contribution in [3.63, 3.8) is 0 Å². The third-order valence-electron chi connectivity index (χ3n) is 1.44. The van der Waals surface area contributed by atoms with E-state index < -0.39 is 5.97 Å². The van der Waals surface area contributed by atoms with Crippen LogP contribution in [0.3, 0.4) is 0 Å². The van der Waals surface area contributed by atoms with E-state index in [4.69, 9.17) is 5.11 Å². The van der Waals surface area contributed by atoms with Gasteiger partial charge in [0.25, 0.3) is 0 Å². The van der Waals surface area contributed by atoms with Crippen LogP contribution in [0.5, 0.6) is 0 Å². The molecule has 0 aliphatic carbocycles. The fourth-order valence-electron chi connectivity index (χ4n) is 0.846. The summed E-state index contributed by atoms with van der Waals surface area (Å²) in [5, 5.41) is 11.3. The fraction of sp³-hybridized carbons (Fsp3) is 0.375. The molecule has 1 rings (SSSR count). The molecule has 0 saturated heterocycles. The van der Waals surface area contributed by atoms with Gasteiger partial charge >= 0.3 is 5.97 Å². The first-order valence-corrected chi connectivity index (χ1v) is 4.01. The molecule has 0 spiro atoms. The number of aliphatic carboxylic acids is 1. The molecule has 1 aromatic heterocycles. The Bertz CT molecular complexity index is 263. The van der Waals surface area contributed by atoms with Crippen LogP contribution < -0.4 is 5.32 Å². The standard InChI is InChI=1S/C8H11N3O2/c12-8(13)2-1-3-10-7-6-9-4-5-11-7/h4-6H,1-3H2,(H,10,11)(H,12,13). The highest BCUT2D eigenvalue weighted by Gasteiger charge is 1.96. The van der Waals surface area contributed by atoms with E-state index in [-0.39, 0.29) is 6.42 Å². The van der Waals surface area contributed by atoms with Crippen molar-refractivity contribution in [1.29, 1.82) is 0 Å². The average molecular weight is 181 g/mol. The smallest absolute Gasteiger partial charge is 0.303 e. The number of carbonyl (C=O) groups is 1. The molecule has 0 fully saturated rings. The zero-order valence-electron chi connectivity index (χ0n) is 7.10. The van der Waals surface area contributed by atoms with Gasteiger partial charge < -0.3 is 10.4 Å². The summed E-state index contributed by atoms with van der Waals surface area (Å²) in [6.45, 7) is 0.602. The van der Waals surface area contributed by atoms with Crippen LogP contribution in [0.15, 0.2) is 18.6 Å². The molecule has 1 aromatic rings. The van der Waals surface area contributed by atoms with Crippen LogP contribution in [0.25, 0.3) is 0 Å². The van der Waals surface area contributed by atoms with Crippen LogP contribution in [-0.4, -0.2) is 27.6 Å². The predicted molar refractivity (Wildman–Crippen MR) is 47.4 cm³/mol. The molecule has 0 atom stereocenters. The summed E-state index contributed by atoms with van der Waals surface area (Å²) in [6.07, 6.45) is 5.53. The number of rotatable bonds is 5. The second-order valence-electron chi connectivity index (χ2n) is 2.51. The zero-order chi connectivity index (χ0) is 9.52. The summed E-state index contributed by atoms with van der Waals surface area (Å²) in [6, 6.07) is 0. The van der Waals surface area contributed by atoms with Crippen molar-refractivity contribution in [2.75, 3.05) is 11.9 Å². The molecule has 0 unspecified atom stereocenters. The molecular weight excluding hydrogens is 170 g/mol. The molecule has 0 aromatic carbocycles. The van der Waals surface area contributed by atoms with E-state index in [1.54, 1.807) is 18.6 Å². The van der Waals surface area contributed by atoms with Crippen molar-refractivity contribution in [2.24, 2.45) is 0 Å². The molecule has 0 bridgehead atoms. The van der Waals surface area contributed by atoms with Crippen LogP contribution in [-0.2, 0) is 4.79 Å². The third-order valence-corrected chi connectivity index (χ3v) is 1.44.